The highest BCUT2D eigenvalue weighted by Crippen LogP contribution is 2.15. The van der Waals surface area contributed by atoms with Crippen LogP contribution in [0.3, 0.4) is 0 Å². The number of amides is 2. The average molecular weight is 342 g/mol. The standard InChI is InChI=1S/C18H18N2O5/c1-12(21)19-14-7-9-15(10-8-14)20-16(22)11-25-18(24)17(23)13-5-3-2-4-6-13/h2-10,17,23H,11H2,1H3,(H,19,21)(H,20,22)/t17-/m0/s1. The SMILES string of the molecule is CC(=O)Nc1ccc(NC(=O)COC(=O)[C@@H](O)c2ccccc2)cc1. The Morgan fingerprint density at radius 2 is 1.52 bits per heavy atom. The summed E-state index contributed by atoms with van der Waals surface area (Å²) in [5.74, 6) is -1.64. The Hall–Kier alpha value is -3.19. The van der Waals surface area contributed by atoms with E-state index in [2.05, 4.69) is 10.6 Å². The van der Waals surface area contributed by atoms with Gasteiger partial charge in [-0.25, -0.2) is 4.79 Å². The van der Waals surface area contributed by atoms with Crippen LogP contribution in [0, 0.1) is 0 Å². The van der Waals surface area contributed by atoms with Crippen molar-refractivity contribution >= 4 is 29.2 Å². The summed E-state index contributed by atoms with van der Waals surface area (Å²) >= 11 is 0. The van der Waals surface area contributed by atoms with Crippen LogP contribution < -0.4 is 10.6 Å². The molecule has 0 unspecified atom stereocenters. The van der Waals surface area contributed by atoms with Gasteiger partial charge >= 0.3 is 5.97 Å². The van der Waals surface area contributed by atoms with Gasteiger partial charge in [-0.15, -0.1) is 0 Å². The summed E-state index contributed by atoms with van der Waals surface area (Å²) in [6.45, 7) is 0.879. The smallest absolute Gasteiger partial charge is 0.340 e. The van der Waals surface area contributed by atoms with Gasteiger partial charge in [0.05, 0.1) is 0 Å². The van der Waals surface area contributed by atoms with E-state index in [1.807, 2.05) is 0 Å². The van der Waals surface area contributed by atoms with E-state index in [1.165, 1.54) is 6.92 Å². The van der Waals surface area contributed by atoms with Crippen molar-refractivity contribution in [2.45, 2.75) is 13.0 Å². The lowest BCUT2D eigenvalue weighted by Gasteiger charge is -2.11. The average Bonchev–Trinajstić information content (AvgIpc) is 2.61. The van der Waals surface area contributed by atoms with Crippen LogP contribution in [-0.4, -0.2) is 29.5 Å². The van der Waals surface area contributed by atoms with Crippen LogP contribution in [-0.2, 0) is 19.1 Å². The summed E-state index contributed by atoms with van der Waals surface area (Å²) in [5.41, 5.74) is 1.48. The molecule has 0 aliphatic carbocycles. The van der Waals surface area contributed by atoms with Crippen LogP contribution in [0.1, 0.15) is 18.6 Å². The molecule has 2 rings (SSSR count). The first-order valence-electron chi connectivity index (χ1n) is 7.53. The van der Waals surface area contributed by atoms with E-state index in [0.717, 1.165) is 0 Å². The fourth-order valence-electron chi connectivity index (χ4n) is 2.02. The van der Waals surface area contributed by atoms with E-state index in [1.54, 1.807) is 54.6 Å². The highest BCUT2D eigenvalue weighted by atomic mass is 16.5. The van der Waals surface area contributed by atoms with Crippen LogP contribution in [0.5, 0.6) is 0 Å². The summed E-state index contributed by atoms with van der Waals surface area (Å²) in [6, 6.07) is 14.8. The predicted octanol–water partition coefficient (Wildman–Crippen LogP) is 1.86. The van der Waals surface area contributed by atoms with E-state index in [4.69, 9.17) is 4.74 Å². The quantitative estimate of drug-likeness (QED) is 0.695. The molecule has 25 heavy (non-hydrogen) atoms. The zero-order chi connectivity index (χ0) is 18.2. The van der Waals surface area contributed by atoms with Crippen molar-refractivity contribution in [1.82, 2.24) is 0 Å². The van der Waals surface area contributed by atoms with Gasteiger partial charge in [0.1, 0.15) is 0 Å². The lowest BCUT2D eigenvalue weighted by molar-refractivity contribution is -0.156. The summed E-state index contributed by atoms with van der Waals surface area (Å²) in [4.78, 5) is 34.5. The molecule has 0 fully saturated rings. The molecule has 0 aliphatic rings. The molecule has 0 radical (unpaired) electrons. The molecule has 1 atom stereocenters. The zero-order valence-corrected chi connectivity index (χ0v) is 13.6. The van der Waals surface area contributed by atoms with Gasteiger partial charge in [-0.3, -0.25) is 9.59 Å². The summed E-state index contributed by atoms with van der Waals surface area (Å²) in [5, 5.41) is 15.0. The van der Waals surface area contributed by atoms with Crippen molar-refractivity contribution in [1.29, 1.82) is 0 Å². The Kier molecular flexibility index (Phi) is 6.25. The molecule has 0 heterocycles. The van der Waals surface area contributed by atoms with E-state index in [0.29, 0.717) is 16.9 Å². The van der Waals surface area contributed by atoms with Crippen LogP contribution in [0.15, 0.2) is 54.6 Å². The maximum Gasteiger partial charge on any atom is 0.340 e. The number of aliphatic hydroxyl groups excluding tert-OH is 1. The summed E-state index contributed by atoms with van der Waals surface area (Å²) in [7, 11) is 0. The molecule has 0 aliphatic heterocycles. The molecule has 7 nitrogen and oxygen atoms in total. The van der Waals surface area contributed by atoms with E-state index in [-0.39, 0.29) is 5.91 Å². The van der Waals surface area contributed by atoms with Crippen LogP contribution >= 0.6 is 0 Å². The van der Waals surface area contributed by atoms with E-state index < -0.39 is 24.6 Å². The second-order valence-electron chi connectivity index (χ2n) is 5.23. The summed E-state index contributed by atoms with van der Waals surface area (Å²) in [6.07, 6.45) is -1.44. The Morgan fingerprint density at radius 3 is 2.08 bits per heavy atom. The Balaban J connectivity index is 1.82. The first kappa shape index (κ1) is 18.2. The van der Waals surface area contributed by atoms with Crippen molar-refractivity contribution in [3.8, 4) is 0 Å². The minimum absolute atomic E-state index is 0.194. The molecule has 0 aromatic heterocycles. The second-order valence-corrected chi connectivity index (χ2v) is 5.23. The molecule has 130 valence electrons. The third kappa shape index (κ3) is 5.74. The van der Waals surface area contributed by atoms with Crippen LogP contribution in [0.4, 0.5) is 11.4 Å². The number of rotatable bonds is 6. The number of anilines is 2. The van der Waals surface area contributed by atoms with Gasteiger partial charge in [-0.2, -0.15) is 0 Å². The monoisotopic (exact) mass is 342 g/mol. The molecule has 0 spiro atoms. The molecule has 3 N–H and O–H groups in total. The molecule has 2 aromatic rings. The Labute approximate surface area is 144 Å². The third-order valence-electron chi connectivity index (χ3n) is 3.17. The second kappa shape index (κ2) is 8.60. The van der Waals surface area contributed by atoms with Gasteiger partial charge in [-0.05, 0) is 29.8 Å². The minimum atomic E-state index is -1.44. The first-order valence-corrected chi connectivity index (χ1v) is 7.53. The van der Waals surface area contributed by atoms with Gasteiger partial charge < -0.3 is 20.5 Å². The van der Waals surface area contributed by atoms with Crippen molar-refractivity contribution in [3.63, 3.8) is 0 Å². The van der Waals surface area contributed by atoms with Gasteiger partial charge in [0.25, 0.3) is 5.91 Å². The summed E-state index contributed by atoms with van der Waals surface area (Å²) < 4.78 is 4.81. The molecular weight excluding hydrogens is 324 g/mol. The maximum absolute atomic E-state index is 11.8. The van der Waals surface area contributed by atoms with Gasteiger partial charge in [0, 0.05) is 18.3 Å². The lowest BCUT2D eigenvalue weighted by atomic mass is 10.1. The number of hydrogen-bond donors (Lipinski definition) is 3. The number of hydrogen-bond acceptors (Lipinski definition) is 5. The number of esters is 1. The number of carbonyl (C=O) groups is 3. The third-order valence-corrected chi connectivity index (χ3v) is 3.17. The highest BCUT2D eigenvalue weighted by molar-refractivity contribution is 5.94. The number of aliphatic hydroxyl groups is 1. The number of ether oxygens (including phenoxy) is 1. The fraction of sp³-hybridized carbons (Fsp3) is 0.167. The van der Waals surface area contributed by atoms with Crippen molar-refractivity contribution in [2.75, 3.05) is 17.2 Å². The number of nitrogens with one attached hydrogen (secondary N) is 2. The van der Waals surface area contributed by atoms with Crippen molar-refractivity contribution < 1.29 is 24.2 Å². The molecule has 2 aromatic carbocycles. The van der Waals surface area contributed by atoms with Crippen molar-refractivity contribution in [3.05, 3.63) is 60.2 Å². The predicted molar refractivity (Wildman–Crippen MR) is 91.7 cm³/mol. The van der Waals surface area contributed by atoms with Crippen molar-refractivity contribution in [2.24, 2.45) is 0 Å². The maximum atomic E-state index is 11.8. The number of benzene rings is 2. The molecule has 0 saturated carbocycles. The molecule has 0 bridgehead atoms. The number of carbonyl (C=O) groups excluding carboxylic acids is 3. The van der Waals surface area contributed by atoms with Crippen LogP contribution in [0.2, 0.25) is 0 Å². The molecule has 7 heteroatoms. The van der Waals surface area contributed by atoms with Gasteiger partial charge in [-0.1, -0.05) is 30.3 Å². The largest absolute Gasteiger partial charge is 0.453 e. The van der Waals surface area contributed by atoms with E-state index in [9.17, 15) is 19.5 Å². The minimum Gasteiger partial charge on any atom is -0.453 e. The van der Waals surface area contributed by atoms with Gasteiger partial charge in [0.15, 0.2) is 12.7 Å². The lowest BCUT2D eigenvalue weighted by Crippen LogP contribution is -2.23. The molecule has 2 amide bonds. The first-order chi connectivity index (χ1) is 12.0. The zero-order valence-electron chi connectivity index (χ0n) is 13.6. The van der Waals surface area contributed by atoms with Gasteiger partial charge in [0.2, 0.25) is 5.91 Å². The molecular formula is C18H18N2O5. The molecule has 0 saturated heterocycles. The van der Waals surface area contributed by atoms with E-state index >= 15 is 0 Å². The fourth-order valence-corrected chi connectivity index (χ4v) is 2.02. The Bertz CT molecular complexity index is 744. The van der Waals surface area contributed by atoms with Crippen LogP contribution in [0.25, 0.3) is 0 Å². The Morgan fingerprint density at radius 1 is 0.960 bits per heavy atom. The highest BCUT2D eigenvalue weighted by Gasteiger charge is 2.19. The topological polar surface area (TPSA) is 105 Å². The normalized spacial score (nSPS) is 11.3.